The maximum atomic E-state index is 10.1. The van der Waals surface area contributed by atoms with Gasteiger partial charge in [0.1, 0.15) is 6.54 Å². The van der Waals surface area contributed by atoms with Crippen LogP contribution in [0.1, 0.15) is 5.56 Å². The summed E-state index contributed by atoms with van der Waals surface area (Å²) in [5, 5.41) is 8.27. The van der Waals surface area contributed by atoms with Gasteiger partial charge in [-0.2, -0.15) is 0 Å². The molecule has 0 aromatic heterocycles. The Balaban J connectivity index is 2.08. The molecule has 3 N–H and O–H groups in total. The molecule has 0 amide bonds. The van der Waals surface area contributed by atoms with Crippen molar-refractivity contribution >= 4 is 5.97 Å². The van der Waals surface area contributed by atoms with Gasteiger partial charge < -0.3 is 5.11 Å². The highest BCUT2D eigenvalue weighted by Crippen LogP contribution is 1.98. The van der Waals surface area contributed by atoms with E-state index in [2.05, 4.69) is 11.0 Å². The van der Waals surface area contributed by atoms with Gasteiger partial charge in [0.2, 0.25) is 0 Å². The van der Waals surface area contributed by atoms with Gasteiger partial charge in [-0.05, 0) is 5.56 Å². The zero-order valence-corrected chi connectivity index (χ0v) is 7.56. The summed E-state index contributed by atoms with van der Waals surface area (Å²) in [6.07, 6.45) is 0. The summed E-state index contributed by atoms with van der Waals surface area (Å²) in [6, 6.07) is 9.56. The Morgan fingerprint density at radius 2 is 2.07 bits per heavy atom. The minimum absolute atomic E-state index is 0.186. The van der Waals surface area contributed by atoms with Gasteiger partial charge in [0, 0.05) is 0 Å². The molecule has 0 heterocycles. The first kappa shape index (κ1) is 10.6. The van der Waals surface area contributed by atoms with E-state index >= 15 is 0 Å². The number of hydrogen-bond acceptors (Lipinski definition) is 4. The molecule has 14 heavy (non-hydrogen) atoms. The van der Waals surface area contributed by atoms with E-state index in [1.807, 2.05) is 30.3 Å². The van der Waals surface area contributed by atoms with Crippen molar-refractivity contribution in [2.45, 2.75) is 6.61 Å². The van der Waals surface area contributed by atoms with Gasteiger partial charge in [0.25, 0.3) is 0 Å². The van der Waals surface area contributed by atoms with E-state index in [9.17, 15) is 4.79 Å². The van der Waals surface area contributed by atoms with Crippen molar-refractivity contribution in [1.82, 2.24) is 11.0 Å². The molecule has 0 spiro atoms. The molecule has 1 aromatic rings. The van der Waals surface area contributed by atoms with Gasteiger partial charge >= 0.3 is 5.97 Å². The molecule has 0 radical (unpaired) electrons. The minimum atomic E-state index is -0.944. The molecule has 0 aliphatic rings. The van der Waals surface area contributed by atoms with Gasteiger partial charge in [0.15, 0.2) is 0 Å². The second-order valence-electron chi connectivity index (χ2n) is 2.62. The quantitative estimate of drug-likeness (QED) is 0.451. The van der Waals surface area contributed by atoms with E-state index in [4.69, 9.17) is 9.94 Å². The SMILES string of the molecule is O=C(O)CNNOCc1ccccc1. The Morgan fingerprint density at radius 1 is 1.36 bits per heavy atom. The summed E-state index contributed by atoms with van der Waals surface area (Å²) < 4.78 is 0. The molecule has 76 valence electrons. The fraction of sp³-hybridized carbons (Fsp3) is 0.222. The van der Waals surface area contributed by atoms with E-state index in [0.717, 1.165) is 5.56 Å². The average Bonchev–Trinajstić information content (AvgIpc) is 2.18. The number of carboxylic acids is 1. The van der Waals surface area contributed by atoms with E-state index in [1.54, 1.807) is 0 Å². The third-order valence-corrected chi connectivity index (χ3v) is 1.47. The van der Waals surface area contributed by atoms with Crippen molar-refractivity contribution in [1.29, 1.82) is 0 Å². The van der Waals surface area contributed by atoms with Crippen LogP contribution in [0.15, 0.2) is 30.3 Å². The molecule has 0 bridgehead atoms. The molecule has 0 fully saturated rings. The Hall–Kier alpha value is -1.43. The molecule has 0 aliphatic carbocycles. The van der Waals surface area contributed by atoms with Crippen molar-refractivity contribution < 1.29 is 14.7 Å². The molecule has 1 aromatic carbocycles. The third kappa shape index (κ3) is 4.56. The van der Waals surface area contributed by atoms with Crippen LogP contribution in [0.5, 0.6) is 0 Å². The predicted molar refractivity (Wildman–Crippen MR) is 50.0 cm³/mol. The van der Waals surface area contributed by atoms with Gasteiger partial charge in [0.05, 0.1) is 6.61 Å². The lowest BCUT2D eigenvalue weighted by molar-refractivity contribution is -0.137. The van der Waals surface area contributed by atoms with Crippen LogP contribution in [0.4, 0.5) is 0 Å². The minimum Gasteiger partial charge on any atom is -0.480 e. The maximum Gasteiger partial charge on any atom is 0.318 e. The Bertz CT molecular complexity index is 277. The van der Waals surface area contributed by atoms with Gasteiger partial charge in [-0.1, -0.05) is 30.3 Å². The van der Waals surface area contributed by atoms with E-state index < -0.39 is 5.97 Å². The molecule has 1 rings (SSSR count). The maximum absolute atomic E-state index is 10.1. The van der Waals surface area contributed by atoms with Crippen LogP contribution in [-0.4, -0.2) is 17.6 Å². The van der Waals surface area contributed by atoms with Crippen LogP contribution in [-0.2, 0) is 16.2 Å². The highest BCUT2D eigenvalue weighted by atomic mass is 16.7. The second kappa shape index (κ2) is 6.09. The third-order valence-electron chi connectivity index (χ3n) is 1.47. The van der Waals surface area contributed by atoms with Crippen LogP contribution in [0.3, 0.4) is 0 Å². The summed E-state index contributed by atoms with van der Waals surface area (Å²) in [7, 11) is 0. The first-order valence-electron chi connectivity index (χ1n) is 4.14. The summed E-state index contributed by atoms with van der Waals surface area (Å²) in [6.45, 7) is 0.197. The molecule has 5 heteroatoms. The van der Waals surface area contributed by atoms with Gasteiger partial charge in [-0.15, -0.1) is 5.59 Å². The standard InChI is InChI=1S/C9H12N2O3/c12-9(13)6-10-11-14-7-8-4-2-1-3-5-8/h1-5,10-11H,6-7H2,(H,12,13). The van der Waals surface area contributed by atoms with Crippen LogP contribution in [0, 0.1) is 0 Å². The van der Waals surface area contributed by atoms with Crippen LogP contribution >= 0.6 is 0 Å². The number of rotatable bonds is 6. The molecule has 0 atom stereocenters. The molecular formula is C9H12N2O3. The largest absolute Gasteiger partial charge is 0.480 e. The van der Waals surface area contributed by atoms with E-state index in [0.29, 0.717) is 6.61 Å². The number of nitrogens with one attached hydrogen (secondary N) is 2. The number of carbonyl (C=O) groups is 1. The Kier molecular flexibility index (Phi) is 4.63. The monoisotopic (exact) mass is 196 g/mol. The lowest BCUT2D eigenvalue weighted by Crippen LogP contribution is -2.35. The number of carboxylic acid groups (broad SMARTS) is 1. The fourth-order valence-electron chi connectivity index (χ4n) is 0.856. The molecule has 5 nitrogen and oxygen atoms in total. The first-order chi connectivity index (χ1) is 6.79. The summed E-state index contributed by atoms with van der Waals surface area (Å²) in [5.41, 5.74) is 5.73. The van der Waals surface area contributed by atoms with Crippen molar-refractivity contribution in [3.8, 4) is 0 Å². The Morgan fingerprint density at radius 3 is 2.71 bits per heavy atom. The predicted octanol–water partition coefficient (Wildman–Crippen LogP) is 0.297. The average molecular weight is 196 g/mol. The highest BCUT2D eigenvalue weighted by Gasteiger charge is 1.94. The van der Waals surface area contributed by atoms with Crippen LogP contribution in [0.2, 0.25) is 0 Å². The fourth-order valence-corrected chi connectivity index (χ4v) is 0.856. The summed E-state index contributed by atoms with van der Waals surface area (Å²) >= 11 is 0. The lowest BCUT2D eigenvalue weighted by Gasteiger charge is -2.05. The second-order valence-corrected chi connectivity index (χ2v) is 2.62. The van der Waals surface area contributed by atoms with Crippen molar-refractivity contribution in [3.05, 3.63) is 35.9 Å². The number of hydrazine groups is 1. The van der Waals surface area contributed by atoms with Gasteiger partial charge in [-0.3, -0.25) is 9.63 Å². The molecule has 0 aliphatic heterocycles. The van der Waals surface area contributed by atoms with Crippen molar-refractivity contribution in [2.75, 3.05) is 6.54 Å². The summed E-state index contributed by atoms with van der Waals surface area (Å²) in [4.78, 5) is 15.0. The normalized spacial score (nSPS) is 10.0. The number of hydrogen-bond donors (Lipinski definition) is 3. The Labute approximate surface area is 81.6 Å². The van der Waals surface area contributed by atoms with Crippen molar-refractivity contribution in [2.24, 2.45) is 0 Å². The van der Waals surface area contributed by atoms with E-state index in [1.165, 1.54) is 0 Å². The topological polar surface area (TPSA) is 70.6 Å². The molecule has 0 saturated carbocycles. The zero-order chi connectivity index (χ0) is 10.2. The molecular weight excluding hydrogens is 184 g/mol. The highest BCUT2D eigenvalue weighted by molar-refractivity contribution is 5.68. The van der Waals surface area contributed by atoms with E-state index in [-0.39, 0.29) is 6.54 Å². The smallest absolute Gasteiger partial charge is 0.318 e. The van der Waals surface area contributed by atoms with Gasteiger partial charge in [-0.25, -0.2) is 5.43 Å². The van der Waals surface area contributed by atoms with Crippen LogP contribution < -0.4 is 11.0 Å². The number of benzene rings is 1. The zero-order valence-electron chi connectivity index (χ0n) is 7.56. The first-order valence-corrected chi connectivity index (χ1v) is 4.14. The summed E-state index contributed by atoms with van der Waals surface area (Å²) in [5.74, 6) is -0.944. The van der Waals surface area contributed by atoms with Crippen molar-refractivity contribution in [3.63, 3.8) is 0 Å². The number of aliphatic carboxylic acids is 1. The molecule has 0 saturated heterocycles. The lowest BCUT2D eigenvalue weighted by atomic mass is 10.2. The molecule has 0 unspecified atom stereocenters. The van der Waals surface area contributed by atoms with Crippen LogP contribution in [0.25, 0.3) is 0 Å².